The third-order valence-electron chi connectivity index (χ3n) is 4.79. The molecule has 4 heterocycles. The second-order valence-electron chi connectivity index (χ2n) is 6.90. The van der Waals surface area contributed by atoms with E-state index in [1.54, 1.807) is 13.3 Å². The lowest BCUT2D eigenvalue weighted by molar-refractivity contribution is 0.0803. The summed E-state index contributed by atoms with van der Waals surface area (Å²) in [5, 5.41) is 0. The van der Waals surface area contributed by atoms with Crippen molar-refractivity contribution >= 4 is 23.1 Å². The first kappa shape index (κ1) is 18.9. The number of fused-ring (bicyclic) bond motifs is 1. The first-order valence-electron chi connectivity index (χ1n) is 9.32. The molecule has 1 aliphatic heterocycles. The molecule has 3 N–H and O–H groups in total. The van der Waals surface area contributed by atoms with Gasteiger partial charge in [-0.2, -0.15) is 0 Å². The summed E-state index contributed by atoms with van der Waals surface area (Å²) in [6.07, 6.45) is 2.98. The Bertz CT molecular complexity index is 1030. The summed E-state index contributed by atoms with van der Waals surface area (Å²) in [7, 11) is 0. The summed E-state index contributed by atoms with van der Waals surface area (Å²) >= 11 is 0. The molecule has 1 saturated heterocycles. The van der Waals surface area contributed by atoms with Gasteiger partial charge in [0.2, 0.25) is 5.88 Å². The van der Waals surface area contributed by atoms with Crippen molar-refractivity contribution in [3.8, 4) is 5.88 Å². The molecular weight excluding hydrogens is 379 g/mol. The Kier molecular flexibility index (Phi) is 5.15. The highest BCUT2D eigenvalue weighted by Crippen LogP contribution is 2.39. The van der Waals surface area contributed by atoms with Gasteiger partial charge < -0.3 is 25.1 Å². The van der Waals surface area contributed by atoms with Gasteiger partial charge in [0.25, 0.3) is 0 Å². The van der Waals surface area contributed by atoms with Gasteiger partial charge in [0, 0.05) is 12.1 Å². The van der Waals surface area contributed by atoms with E-state index in [9.17, 15) is 9.18 Å². The Balaban J connectivity index is 1.60. The van der Waals surface area contributed by atoms with E-state index >= 15 is 0 Å². The molecule has 4 rings (SSSR count). The topological polar surface area (TPSA) is 119 Å². The van der Waals surface area contributed by atoms with E-state index in [1.165, 1.54) is 6.07 Å². The summed E-state index contributed by atoms with van der Waals surface area (Å²) in [6.45, 7) is 2.47. The number of H-pyrrole nitrogens is 1. The minimum absolute atomic E-state index is 0.0543. The third-order valence-corrected chi connectivity index (χ3v) is 4.79. The number of ether oxygens (including phenoxy) is 2. The number of aromatic amines is 1. The summed E-state index contributed by atoms with van der Waals surface area (Å²) in [5.74, 6) is 0.605. The van der Waals surface area contributed by atoms with E-state index in [2.05, 4.69) is 24.8 Å². The molecule has 29 heavy (non-hydrogen) atoms. The number of primary amides is 1. The van der Waals surface area contributed by atoms with E-state index in [0.29, 0.717) is 17.1 Å². The number of nitrogens with zero attached hydrogens (tertiary/aromatic N) is 4. The Morgan fingerprint density at radius 3 is 3.14 bits per heavy atom. The van der Waals surface area contributed by atoms with E-state index in [-0.39, 0.29) is 12.6 Å². The molecule has 3 aromatic heterocycles. The fourth-order valence-electron chi connectivity index (χ4n) is 3.57. The lowest BCUT2D eigenvalue weighted by Crippen LogP contribution is -2.27. The number of anilines is 1. The van der Waals surface area contributed by atoms with Crippen molar-refractivity contribution in [3.63, 3.8) is 0 Å². The van der Waals surface area contributed by atoms with Crippen LogP contribution < -0.4 is 15.4 Å². The minimum Gasteiger partial charge on any atom is -0.473 e. The molecule has 0 saturated carbocycles. The zero-order valence-electron chi connectivity index (χ0n) is 15.8. The van der Waals surface area contributed by atoms with Crippen molar-refractivity contribution in [3.05, 3.63) is 42.1 Å². The number of amides is 1. The number of rotatable bonds is 6. The Morgan fingerprint density at radius 2 is 2.31 bits per heavy atom. The van der Waals surface area contributed by atoms with Crippen LogP contribution in [0.15, 0.2) is 30.7 Å². The number of halogens is 1. The smallest absolute Gasteiger partial charge is 0.404 e. The van der Waals surface area contributed by atoms with Crippen LogP contribution in [0.3, 0.4) is 0 Å². The zero-order chi connectivity index (χ0) is 20.4. The molecule has 1 amide bonds. The zero-order valence-corrected chi connectivity index (χ0v) is 15.8. The number of carbonyl (C=O) groups excluding carboxylic acids is 1. The van der Waals surface area contributed by atoms with E-state index in [4.69, 9.17) is 15.2 Å². The van der Waals surface area contributed by atoms with Crippen LogP contribution in [0.1, 0.15) is 31.4 Å². The van der Waals surface area contributed by atoms with Crippen molar-refractivity contribution in [2.45, 2.75) is 31.9 Å². The molecule has 0 radical (unpaired) electrons. The molecule has 2 atom stereocenters. The van der Waals surface area contributed by atoms with Gasteiger partial charge in [0.05, 0.1) is 24.1 Å². The lowest BCUT2D eigenvalue weighted by atomic mass is 10.1. The van der Waals surface area contributed by atoms with Crippen molar-refractivity contribution in [1.29, 1.82) is 0 Å². The van der Waals surface area contributed by atoms with Crippen LogP contribution in [0.2, 0.25) is 0 Å². The highest BCUT2D eigenvalue weighted by Gasteiger charge is 2.31. The minimum atomic E-state index is -0.879. The van der Waals surface area contributed by atoms with Gasteiger partial charge in [-0.05, 0) is 38.0 Å². The second-order valence-corrected chi connectivity index (χ2v) is 6.90. The first-order valence-corrected chi connectivity index (χ1v) is 9.32. The average molecular weight is 400 g/mol. The fraction of sp³-hybridized carbons (Fsp3) is 0.368. The maximum absolute atomic E-state index is 14.0. The molecule has 10 heteroatoms. The van der Waals surface area contributed by atoms with Crippen LogP contribution in [-0.2, 0) is 4.74 Å². The van der Waals surface area contributed by atoms with Gasteiger partial charge in [0.1, 0.15) is 24.3 Å². The Labute approximate surface area is 166 Å². The summed E-state index contributed by atoms with van der Waals surface area (Å²) in [4.78, 5) is 28.9. The highest BCUT2D eigenvalue weighted by atomic mass is 19.1. The van der Waals surface area contributed by atoms with E-state index in [0.717, 1.165) is 36.9 Å². The molecule has 3 aromatic rings. The number of hydrogen-bond donors (Lipinski definition) is 2. The summed E-state index contributed by atoms with van der Waals surface area (Å²) in [5.41, 5.74) is 7.12. The monoisotopic (exact) mass is 400 g/mol. The predicted molar refractivity (Wildman–Crippen MR) is 103 cm³/mol. The number of imidazole rings is 1. The predicted octanol–water partition coefficient (Wildman–Crippen LogP) is 2.70. The molecule has 1 fully saturated rings. The number of carbonyl (C=O) groups is 1. The maximum atomic E-state index is 14.0. The summed E-state index contributed by atoms with van der Waals surface area (Å²) in [6, 6.07) is 5.11. The number of aromatic nitrogens is 4. The molecule has 0 aromatic carbocycles. The van der Waals surface area contributed by atoms with Gasteiger partial charge in [-0.25, -0.2) is 24.1 Å². The van der Waals surface area contributed by atoms with Crippen LogP contribution in [0.5, 0.6) is 5.88 Å². The average Bonchev–Trinajstić information content (AvgIpc) is 3.35. The van der Waals surface area contributed by atoms with Crippen LogP contribution in [0.4, 0.5) is 15.0 Å². The Morgan fingerprint density at radius 1 is 1.45 bits per heavy atom. The van der Waals surface area contributed by atoms with Crippen LogP contribution in [-0.4, -0.2) is 45.3 Å². The second kappa shape index (κ2) is 7.90. The Hall–Kier alpha value is -3.43. The number of nitrogens with one attached hydrogen (secondary N) is 1. The molecule has 152 valence electrons. The largest absolute Gasteiger partial charge is 0.473 e. The molecule has 0 aliphatic carbocycles. The molecule has 1 aliphatic rings. The van der Waals surface area contributed by atoms with Crippen LogP contribution >= 0.6 is 0 Å². The molecule has 0 spiro atoms. The van der Waals surface area contributed by atoms with Crippen molar-refractivity contribution in [2.24, 2.45) is 5.73 Å². The highest BCUT2D eigenvalue weighted by molar-refractivity contribution is 5.72. The fourth-order valence-corrected chi connectivity index (χ4v) is 3.57. The van der Waals surface area contributed by atoms with E-state index in [1.807, 2.05) is 12.1 Å². The number of nitrogens with two attached hydrogens (primary N) is 1. The van der Waals surface area contributed by atoms with Crippen molar-refractivity contribution in [2.75, 3.05) is 18.1 Å². The number of hydrogen-bond acceptors (Lipinski definition) is 7. The standard InChI is InChI=1S/C19H21FN6O3/c1-11(29-19(21)27)9-28-18-13(7-12(20)8-22-18)15-3-2-6-26(15)16-5-4-14-17(25-16)24-10-23-14/h4-5,7-8,10-11,15H,2-3,6,9H2,1H3,(H2,21,27)(H,23,24,25)/t11-,15?/m1/s1. The molecule has 9 nitrogen and oxygen atoms in total. The van der Waals surface area contributed by atoms with Crippen molar-refractivity contribution < 1.29 is 18.7 Å². The van der Waals surface area contributed by atoms with E-state index < -0.39 is 18.0 Å². The van der Waals surface area contributed by atoms with Crippen LogP contribution in [0, 0.1) is 5.82 Å². The van der Waals surface area contributed by atoms with Gasteiger partial charge in [-0.1, -0.05) is 0 Å². The third kappa shape index (κ3) is 4.05. The van der Waals surface area contributed by atoms with Gasteiger partial charge in [0.15, 0.2) is 5.65 Å². The molecule has 0 bridgehead atoms. The van der Waals surface area contributed by atoms with Gasteiger partial charge >= 0.3 is 6.09 Å². The van der Waals surface area contributed by atoms with Gasteiger partial charge in [-0.3, -0.25) is 0 Å². The normalized spacial score (nSPS) is 17.4. The van der Waals surface area contributed by atoms with Gasteiger partial charge in [-0.15, -0.1) is 0 Å². The van der Waals surface area contributed by atoms with Crippen molar-refractivity contribution in [1.82, 2.24) is 19.9 Å². The first-order chi connectivity index (χ1) is 14.0. The number of pyridine rings is 2. The quantitative estimate of drug-likeness (QED) is 0.653. The molecular formula is C19H21FN6O3. The summed E-state index contributed by atoms with van der Waals surface area (Å²) < 4.78 is 24.6. The maximum Gasteiger partial charge on any atom is 0.404 e. The lowest BCUT2D eigenvalue weighted by Gasteiger charge is -2.27. The molecule has 1 unspecified atom stereocenters. The van der Waals surface area contributed by atoms with Crippen LogP contribution in [0.25, 0.3) is 11.2 Å². The SMILES string of the molecule is C[C@H](COc1ncc(F)cc1C1CCCN1c1ccc2[nH]cnc2n1)OC(N)=O.